The Labute approximate surface area is 175 Å². The van der Waals surface area contributed by atoms with Gasteiger partial charge >= 0.3 is 5.97 Å². The maximum absolute atomic E-state index is 12.6. The summed E-state index contributed by atoms with van der Waals surface area (Å²) in [4.78, 5) is 42.4. The Morgan fingerprint density at radius 1 is 0.900 bits per heavy atom. The molecule has 0 spiro atoms. The highest BCUT2D eigenvalue weighted by Crippen LogP contribution is 2.27. The number of fused-ring (bicyclic) bond motifs is 2. The molecular weight excluding hydrogens is 406 g/mol. The summed E-state index contributed by atoms with van der Waals surface area (Å²) >= 11 is 6.40. The third-order valence-corrected chi connectivity index (χ3v) is 5.12. The molecule has 0 bridgehead atoms. The maximum atomic E-state index is 12.6. The van der Waals surface area contributed by atoms with Crippen LogP contribution in [0.5, 0.6) is 0 Å². The summed E-state index contributed by atoms with van der Waals surface area (Å²) in [5, 5.41) is 6.02. The normalized spacial score (nSPS) is 13.0. The fraction of sp³-hybridized carbons (Fsp3) is 0. The lowest BCUT2D eigenvalue weighted by molar-refractivity contribution is -0.0584. The minimum absolute atomic E-state index is 0.0942. The molecule has 7 nitrogen and oxygen atoms in total. The van der Waals surface area contributed by atoms with E-state index in [1.807, 2.05) is 24.3 Å². The zero-order valence-corrected chi connectivity index (χ0v) is 16.0. The van der Waals surface area contributed by atoms with Gasteiger partial charge in [-0.2, -0.15) is 5.10 Å². The quantitative estimate of drug-likeness (QED) is 0.470. The van der Waals surface area contributed by atoms with Crippen molar-refractivity contribution in [3.05, 3.63) is 94.6 Å². The predicted octanol–water partition coefficient (Wildman–Crippen LogP) is 4.05. The SMILES string of the molecule is O=C(ON1C(=O)c2ccccc2C1=O)c1ccc(-n2ncc3ccccc32)c(Cl)c1. The van der Waals surface area contributed by atoms with Gasteiger partial charge in [0, 0.05) is 5.39 Å². The van der Waals surface area contributed by atoms with Crippen LogP contribution >= 0.6 is 11.6 Å². The number of carbonyl (C=O) groups is 3. The van der Waals surface area contributed by atoms with Gasteiger partial charge in [-0.05, 0) is 36.4 Å². The van der Waals surface area contributed by atoms with Gasteiger partial charge in [-0.1, -0.05) is 47.0 Å². The first kappa shape index (κ1) is 18.1. The zero-order valence-electron chi connectivity index (χ0n) is 15.3. The number of hydrogen-bond acceptors (Lipinski definition) is 5. The van der Waals surface area contributed by atoms with Crippen molar-refractivity contribution in [2.75, 3.05) is 0 Å². The molecule has 3 aromatic carbocycles. The molecule has 0 fully saturated rings. The Kier molecular flexibility index (Phi) is 4.11. The molecule has 0 N–H and O–H groups in total. The van der Waals surface area contributed by atoms with Crippen molar-refractivity contribution in [1.29, 1.82) is 0 Å². The number of halogens is 1. The summed E-state index contributed by atoms with van der Waals surface area (Å²) in [5.41, 5.74) is 1.91. The van der Waals surface area contributed by atoms with E-state index in [1.165, 1.54) is 24.3 Å². The van der Waals surface area contributed by atoms with E-state index in [-0.39, 0.29) is 21.7 Å². The molecule has 8 heteroatoms. The van der Waals surface area contributed by atoms with Crippen molar-refractivity contribution < 1.29 is 19.2 Å². The lowest BCUT2D eigenvalue weighted by atomic mass is 10.1. The molecule has 5 rings (SSSR count). The molecule has 1 aliphatic heterocycles. The molecule has 2 heterocycles. The van der Waals surface area contributed by atoms with E-state index < -0.39 is 17.8 Å². The highest BCUT2D eigenvalue weighted by atomic mass is 35.5. The molecule has 30 heavy (non-hydrogen) atoms. The molecule has 0 atom stereocenters. The second kappa shape index (κ2) is 6.82. The number of aromatic nitrogens is 2. The van der Waals surface area contributed by atoms with Crippen LogP contribution in [0.25, 0.3) is 16.6 Å². The van der Waals surface area contributed by atoms with Crippen LogP contribution in [0.3, 0.4) is 0 Å². The monoisotopic (exact) mass is 417 g/mol. The number of rotatable bonds is 3. The highest BCUT2D eigenvalue weighted by molar-refractivity contribution is 6.32. The van der Waals surface area contributed by atoms with Crippen LogP contribution in [-0.4, -0.2) is 32.6 Å². The molecule has 0 saturated heterocycles. The summed E-state index contributed by atoms with van der Waals surface area (Å²) in [7, 11) is 0. The molecule has 4 aromatic rings. The summed E-state index contributed by atoms with van der Waals surface area (Å²) in [6, 6.07) is 18.4. The van der Waals surface area contributed by atoms with Crippen LogP contribution in [0.15, 0.2) is 72.9 Å². The number of para-hydroxylation sites is 1. The van der Waals surface area contributed by atoms with Gasteiger partial charge < -0.3 is 4.84 Å². The maximum Gasteiger partial charge on any atom is 0.364 e. The van der Waals surface area contributed by atoms with Crippen LogP contribution in [0.1, 0.15) is 31.1 Å². The Morgan fingerprint density at radius 3 is 2.27 bits per heavy atom. The van der Waals surface area contributed by atoms with Gasteiger partial charge in [0.25, 0.3) is 11.8 Å². The number of hydroxylamine groups is 2. The molecular formula is C22H12ClN3O4. The van der Waals surface area contributed by atoms with Crippen LogP contribution < -0.4 is 0 Å². The lowest BCUT2D eigenvalue weighted by Gasteiger charge is -2.13. The van der Waals surface area contributed by atoms with Gasteiger partial charge in [-0.15, -0.1) is 0 Å². The molecule has 0 radical (unpaired) electrons. The van der Waals surface area contributed by atoms with Crippen molar-refractivity contribution in [3.63, 3.8) is 0 Å². The third kappa shape index (κ3) is 2.75. The van der Waals surface area contributed by atoms with Crippen molar-refractivity contribution in [2.45, 2.75) is 0 Å². The van der Waals surface area contributed by atoms with E-state index in [4.69, 9.17) is 16.4 Å². The number of nitrogens with zero attached hydrogens (tertiary/aromatic N) is 3. The number of carbonyl (C=O) groups excluding carboxylic acids is 3. The summed E-state index contributed by atoms with van der Waals surface area (Å²) < 4.78 is 1.66. The van der Waals surface area contributed by atoms with Gasteiger partial charge in [-0.25, -0.2) is 9.48 Å². The number of benzene rings is 3. The van der Waals surface area contributed by atoms with Crippen LogP contribution in [0.2, 0.25) is 5.02 Å². The zero-order chi connectivity index (χ0) is 20.8. The summed E-state index contributed by atoms with van der Waals surface area (Å²) in [6.45, 7) is 0. The van der Waals surface area contributed by atoms with E-state index in [2.05, 4.69) is 5.10 Å². The Hall–Kier alpha value is -3.97. The summed E-state index contributed by atoms with van der Waals surface area (Å²) in [5.74, 6) is -2.24. The second-order valence-electron chi connectivity index (χ2n) is 6.61. The van der Waals surface area contributed by atoms with E-state index in [1.54, 1.807) is 29.1 Å². The van der Waals surface area contributed by atoms with Crippen LogP contribution in [-0.2, 0) is 4.84 Å². The fourth-order valence-corrected chi connectivity index (χ4v) is 3.62. The third-order valence-electron chi connectivity index (χ3n) is 4.82. The minimum Gasteiger partial charge on any atom is -0.324 e. The first-order valence-corrected chi connectivity index (χ1v) is 9.35. The van der Waals surface area contributed by atoms with E-state index in [9.17, 15) is 14.4 Å². The number of hydrogen-bond donors (Lipinski definition) is 0. The average Bonchev–Trinajstić information content (AvgIpc) is 3.29. The van der Waals surface area contributed by atoms with Gasteiger partial charge in [0.1, 0.15) is 0 Å². The first-order valence-electron chi connectivity index (χ1n) is 8.97. The van der Waals surface area contributed by atoms with Gasteiger partial charge in [-0.3, -0.25) is 9.59 Å². The van der Waals surface area contributed by atoms with Gasteiger partial charge in [0.2, 0.25) is 0 Å². The van der Waals surface area contributed by atoms with E-state index in [0.717, 1.165) is 10.9 Å². The Bertz CT molecular complexity index is 1330. The number of amides is 2. The van der Waals surface area contributed by atoms with Gasteiger partial charge in [0.15, 0.2) is 0 Å². The molecule has 1 aliphatic rings. The average molecular weight is 418 g/mol. The van der Waals surface area contributed by atoms with Crippen molar-refractivity contribution in [3.8, 4) is 5.69 Å². The van der Waals surface area contributed by atoms with Crippen molar-refractivity contribution >= 4 is 40.3 Å². The van der Waals surface area contributed by atoms with E-state index in [0.29, 0.717) is 10.8 Å². The Morgan fingerprint density at radius 2 is 1.57 bits per heavy atom. The fourth-order valence-electron chi connectivity index (χ4n) is 3.35. The van der Waals surface area contributed by atoms with Gasteiger partial charge in [0.05, 0.1) is 39.1 Å². The highest BCUT2D eigenvalue weighted by Gasteiger charge is 2.38. The molecule has 0 aliphatic carbocycles. The first-order chi connectivity index (χ1) is 14.5. The molecule has 0 unspecified atom stereocenters. The lowest BCUT2D eigenvalue weighted by Crippen LogP contribution is -2.32. The molecule has 146 valence electrons. The number of imide groups is 1. The minimum atomic E-state index is -0.872. The molecule has 0 saturated carbocycles. The van der Waals surface area contributed by atoms with E-state index >= 15 is 0 Å². The topological polar surface area (TPSA) is 81.5 Å². The summed E-state index contributed by atoms with van der Waals surface area (Å²) in [6.07, 6.45) is 1.72. The largest absolute Gasteiger partial charge is 0.364 e. The van der Waals surface area contributed by atoms with Crippen LogP contribution in [0, 0.1) is 0 Å². The second-order valence-corrected chi connectivity index (χ2v) is 7.02. The molecule has 2 amide bonds. The predicted molar refractivity (Wildman–Crippen MR) is 108 cm³/mol. The Balaban J connectivity index is 1.42. The molecule has 1 aromatic heterocycles. The van der Waals surface area contributed by atoms with Crippen LogP contribution in [0.4, 0.5) is 0 Å². The smallest absolute Gasteiger partial charge is 0.324 e. The van der Waals surface area contributed by atoms with Crippen molar-refractivity contribution in [2.24, 2.45) is 0 Å². The van der Waals surface area contributed by atoms with Crippen molar-refractivity contribution in [1.82, 2.24) is 14.8 Å². The standard InChI is InChI=1S/C22H12ClN3O4/c23-17-11-13(9-10-19(17)25-18-8-4-1-5-14(18)12-24-25)22(29)30-26-20(27)15-6-2-3-7-16(15)21(26)28/h1-12H.